The van der Waals surface area contributed by atoms with Gasteiger partial charge in [0.15, 0.2) is 12.6 Å². The number of rotatable bonds is 19. The Bertz CT molecular complexity index is 1650. The van der Waals surface area contributed by atoms with Crippen molar-refractivity contribution in [3.05, 3.63) is 0 Å². The third kappa shape index (κ3) is 14.3. The van der Waals surface area contributed by atoms with Crippen molar-refractivity contribution in [3.8, 4) is 12.1 Å². The number of hydrogen-bond donors (Lipinski definition) is 4. The molecule has 0 spiro atoms. The van der Waals surface area contributed by atoms with Crippen molar-refractivity contribution < 1.29 is 47.7 Å². The van der Waals surface area contributed by atoms with Gasteiger partial charge in [0.25, 0.3) is 0 Å². The predicted octanol–water partition coefficient (Wildman–Crippen LogP) is 3.47. The summed E-state index contributed by atoms with van der Waals surface area (Å²) in [4.78, 5) is 75.2. The highest BCUT2D eigenvalue weighted by atomic mass is 16.7. The van der Waals surface area contributed by atoms with Crippen LogP contribution in [0.2, 0.25) is 0 Å². The molecule has 6 rings (SSSR count). The van der Waals surface area contributed by atoms with E-state index in [4.69, 9.17) is 18.9 Å². The van der Waals surface area contributed by atoms with Crippen LogP contribution in [0.25, 0.3) is 0 Å². The molecule has 6 saturated heterocycles. The van der Waals surface area contributed by atoms with Crippen molar-refractivity contribution in [1.82, 2.24) is 21.3 Å². The maximum Gasteiger partial charge on any atom is 0.224 e. The smallest absolute Gasteiger partial charge is 0.224 e. The maximum atomic E-state index is 13.0. The number of ether oxygens (including phenoxy) is 4. The molecule has 61 heavy (non-hydrogen) atoms. The molecule has 6 fully saturated rings. The molecule has 0 radical (unpaired) electrons. The number of hydrogen-bond acceptors (Lipinski definition) is 12. The number of ketones is 2. The number of nitriles is 2. The van der Waals surface area contributed by atoms with Crippen molar-refractivity contribution in [2.75, 3.05) is 39.5 Å². The van der Waals surface area contributed by atoms with Gasteiger partial charge < -0.3 is 40.2 Å². The Kier molecular flexibility index (Phi) is 17.7. The van der Waals surface area contributed by atoms with E-state index in [1.807, 2.05) is 34.6 Å². The third-order valence-corrected chi connectivity index (χ3v) is 12.9. The van der Waals surface area contributed by atoms with E-state index in [0.717, 1.165) is 12.8 Å². The topological polar surface area (TPSA) is 235 Å². The van der Waals surface area contributed by atoms with E-state index in [0.29, 0.717) is 90.9 Å². The minimum atomic E-state index is -0.737. The molecule has 6 aliphatic heterocycles. The van der Waals surface area contributed by atoms with Gasteiger partial charge in [0, 0.05) is 74.3 Å². The van der Waals surface area contributed by atoms with Gasteiger partial charge in [-0.3, -0.25) is 28.8 Å². The van der Waals surface area contributed by atoms with Crippen molar-refractivity contribution in [1.29, 1.82) is 10.5 Å². The second-order valence-corrected chi connectivity index (χ2v) is 19.7. The number of nitrogens with one attached hydrogen (secondary N) is 4. The highest BCUT2D eigenvalue weighted by molar-refractivity contribution is 5.88. The normalized spacial score (nSPS) is 29.8. The van der Waals surface area contributed by atoms with E-state index < -0.39 is 23.9 Å². The van der Waals surface area contributed by atoms with Crippen molar-refractivity contribution in [2.24, 2.45) is 58.7 Å². The number of nitrogens with zero attached hydrogens (tertiary/aromatic N) is 2. The molecule has 12 atom stereocenters. The Morgan fingerprint density at radius 2 is 1.15 bits per heavy atom. The van der Waals surface area contributed by atoms with Gasteiger partial charge in [-0.1, -0.05) is 34.6 Å². The first-order chi connectivity index (χ1) is 29.0. The molecule has 0 bridgehead atoms. The Morgan fingerprint density at radius 1 is 0.705 bits per heavy atom. The molecule has 16 nitrogen and oxygen atoms in total. The second kappa shape index (κ2) is 22.4. The number of fused-ring (bicyclic) bond motifs is 2. The lowest BCUT2D eigenvalue weighted by Gasteiger charge is -2.26. The monoisotopic (exact) mass is 852 g/mol. The lowest BCUT2D eigenvalue weighted by atomic mass is 9.80. The van der Waals surface area contributed by atoms with Gasteiger partial charge in [-0.15, -0.1) is 0 Å². The second-order valence-electron chi connectivity index (χ2n) is 19.7. The highest BCUT2D eigenvalue weighted by Gasteiger charge is 2.44. The van der Waals surface area contributed by atoms with Gasteiger partial charge in [-0.05, 0) is 74.5 Å². The molecule has 4 amide bonds. The zero-order valence-electron chi connectivity index (χ0n) is 36.7. The molecule has 0 aromatic rings. The van der Waals surface area contributed by atoms with Crippen LogP contribution in [0, 0.1) is 81.3 Å². The van der Waals surface area contributed by atoms with E-state index in [9.17, 15) is 39.3 Å². The fraction of sp³-hybridized carbons (Fsp3) is 0.822. The van der Waals surface area contributed by atoms with E-state index in [1.54, 1.807) is 0 Å². The fourth-order valence-corrected chi connectivity index (χ4v) is 9.85. The van der Waals surface area contributed by atoms with Crippen LogP contribution in [0.15, 0.2) is 0 Å². The number of carbonyl (C=O) groups excluding carboxylic acids is 6. The van der Waals surface area contributed by atoms with Crippen LogP contribution >= 0.6 is 0 Å². The summed E-state index contributed by atoms with van der Waals surface area (Å²) in [6, 6.07) is 2.74. The van der Waals surface area contributed by atoms with Gasteiger partial charge in [0.1, 0.15) is 23.7 Å². The van der Waals surface area contributed by atoms with Crippen LogP contribution in [0.1, 0.15) is 112 Å². The lowest BCUT2D eigenvalue weighted by molar-refractivity contribution is -0.131. The summed E-state index contributed by atoms with van der Waals surface area (Å²) in [6.07, 6.45) is 5.65. The van der Waals surface area contributed by atoms with Crippen molar-refractivity contribution in [2.45, 2.75) is 136 Å². The summed E-state index contributed by atoms with van der Waals surface area (Å²) in [5.41, 5.74) is -0.142. The van der Waals surface area contributed by atoms with E-state index in [-0.39, 0.29) is 107 Å². The maximum absolute atomic E-state index is 13.0. The van der Waals surface area contributed by atoms with Crippen LogP contribution in [-0.2, 0) is 47.7 Å². The van der Waals surface area contributed by atoms with Crippen LogP contribution in [0.3, 0.4) is 0 Å². The minimum absolute atomic E-state index is 0.0502. The largest absolute Gasteiger partial charge is 0.356 e. The Hall–Kier alpha value is -3.96. The molecule has 0 aliphatic carbocycles. The molecule has 0 aromatic carbocycles. The summed E-state index contributed by atoms with van der Waals surface area (Å²) in [6.45, 7) is 13.7. The average Bonchev–Trinajstić information content (AvgIpc) is 4.06. The standard InChI is InChI=1S/C23H35N3O5.C22H33N3O5/c1-23(2,3)11-15(9-18(27)10-16-13-31-22-19(16)5-7-30-22)21(29)26-17(12-24)8-14-4-6-25-20(14)28;1-13(2)7-15(9-18(26)10-16-12-30-22-19(16)4-6-29-22)21(28)25-17(11-23)8-14-3-5-24-20(14)27/h14-17,19,22H,4-11,13H2,1-3H3,(H,25,28)(H,26,29);13-17,19,22H,3-10,12H2,1-2H3,(H,24,27)(H,25,28)/t14-,15-,16+,17-,19+,22-;14-,15+,16+,17-,19+,22-/m00/s1. The van der Waals surface area contributed by atoms with Gasteiger partial charge in [-0.2, -0.15) is 10.5 Å². The fourth-order valence-electron chi connectivity index (χ4n) is 9.85. The summed E-state index contributed by atoms with van der Waals surface area (Å²) >= 11 is 0. The molecule has 16 heteroatoms. The van der Waals surface area contributed by atoms with Crippen LogP contribution in [0.5, 0.6) is 0 Å². The van der Waals surface area contributed by atoms with Gasteiger partial charge in [0.05, 0.1) is 38.6 Å². The van der Waals surface area contributed by atoms with E-state index in [2.05, 4.69) is 33.4 Å². The summed E-state index contributed by atoms with van der Waals surface area (Å²) < 4.78 is 22.3. The molecule has 338 valence electrons. The first-order valence-corrected chi connectivity index (χ1v) is 22.5. The summed E-state index contributed by atoms with van der Waals surface area (Å²) in [7, 11) is 0. The van der Waals surface area contributed by atoms with Crippen LogP contribution in [-0.4, -0.2) is 99.4 Å². The predicted molar refractivity (Wildman–Crippen MR) is 220 cm³/mol. The van der Waals surface area contributed by atoms with Gasteiger partial charge in [0.2, 0.25) is 23.6 Å². The quantitative estimate of drug-likeness (QED) is 0.146. The molecule has 4 N–H and O–H groups in total. The molecular weight excluding hydrogens is 785 g/mol. The number of Topliss-reactive ketones (excluding diaryl/α,β-unsaturated/α-hetero) is 2. The highest BCUT2D eigenvalue weighted by Crippen LogP contribution is 2.39. The van der Waals surface area contributed by atoms with Crippen LogP contribution < -0.4 is 21.3 Å². The summed E-state index contributed by atoms with van der Waals surface area (Å²) in [5, 5.41) is 30.0. The summed E-state index contributed by atoms with van der Waals surface area (Å²) in [5.74, 6) is -0.965. The first-order valence-electron chi connectivity index (χ1n) is 22.5. The van der Waals surface area contributed by atoms with Gasteiger partial charge >= 0.3 is 0 Å². The first kappa shape index (κ1) is 48.1. The molecular formula is C45H68N6O10. The number of amides is 4. The SMILES string of the molecule is CC(C)(C)C[C@H](CC(=O)C[C@@H]1CO[C@@H]2OCC[C@H]12)C(=O)N[C@H](C#N)C[C@@H]1CCNC1=O.CC(C)C[C@H](CC(=O)C[C@@H]1CO[C@@H]2OCC[C@H]12)C(=O)N[C@H](C#N)C[C@@H]1CCNC1=O. The number of carbonyl (C=O) groups is 6. The minimum Gasteiger partial charge on any atom is -0.356 e. The van der Waals surface area contributed by atoms with Gasteiger partial charge in [-0.25, -0.2) is 0 Å². The molecule has 0 unspecified atom stereocenters. The van der Waals surface area contributed by atoms with E-state index in [1.165, 1.54) is 0 Å². The lowest BCUT2D eigenvalue weighted by Crippen LogP contribution is -2.41. The molecule has 6 aliphatic rings. The van der Waals surface area contributed by atoms with E-state index >= 15 is 0 Å². The van der Waals surface area contributed by atoms with Crippen LogP contribution in [0.4, 0.5) is 0 Å². The zero-order valence-corrected chi connectivity index (χ0v) is 36.7. The Balaban J connectivity index is 0.000000231. The molecule has 6 heterocycles. The van der Waals surface area contributed by atoms with Crippen molar-refractivity contribution in [3.63, 3.8) is 0 Å². The van der Waals surface area contributed by atoms with Crippen molar-refractivity contribution >= 4 is 35.2 Å². The third-order valence-electron chi connectivity index (χ3n) is 12.9. The Labute approximate surface area is 360 Å². The average molecular weight is 853 g/mol. The molecule has 0 aromatic heterocycles. The zero-order chi connectivity index (χ0) is 44.3. The Morgan fingerprint density at radius 3 is 1.54 bits per heavy atom. The molecule has 0 saturated carbocycles.